The van der Waals surface area contributed by atoms with E-state index in [4.69, 9.17) is 4.74 Å². The van der Waals surface area contributed by atoms with Gasteiger partial charge >= 0.3 is 0 Å². The van der Waals surface area contributed by atoms with Crippen molar-refractivity contribution in [3.8, 4) is 0 Å². The molecule has 2 saturated heterocycles. The predicted octanol–water partition coefficient (Wildman–Crippen LogP) is -0.163. The molecule has 0 bridgehead atoms. The van der Waals surface area contributed by atoms with Crippen molar-refractivity contribution in [3.05, 3.63) is 0 Å². The summed E-state index contributed by atoms with van der Waals surface area (Å²) in [4.78, 5) is 12.0. The summed E-state index contributed by atoms with van der Waals surface area (Å²) in [6.07, 6.45) is 1.82. The number of carbonyl (C=O) groups excluding carboxylic acids is 1. The average Bonchev–Trinajstić information content (AvgIpc) is 2.25. The van der Waals surface area contributed by atoms with Crippen LogP contribution in [0.1, 0.15) is 33.1 Å². The molecule has 20 heavy (non-hydrogen) atoms. The van der Waals surface area contributed by atoms with E-state index in [0.29, 0.717) is 13.2 Å². The SMILES string of the molecule is CC1(C)CC(NC(=O)CC2CS(=O)(=O)CCN2)CCO1. The lowest BCUT2D eigenvalue weighted by Crippen LogP contribution is -2.50. The normalized spacial score (nSPS) is 32.5. The summed E-state index contributed by atoms with van der Waals surface area (Å²) >= 11 is 0. The lowest BCUT2D eigenvalue weighted by Gasteiger charge is -2.36. The van der Waals surface area contributed by atoms with E-state index in [1.54, 1.807) is 0 Å². The van der Waals surface area contributed by atoms with Gasteiger partial charge in [0, 0.05) is 31.7 Å². The molecule has 2 unspecified atom stereocenters. The van der Waals surface area contributed by atoms with Crippen molar-refractivity contribution in [2.45, 2.75) is 50.8 Å². The van der Waals surface area contributed by atoms with Crippen molar-refractivity contribution in [2.75, 3.05) is 24.7 Å². The van der Waals surface area contributed by atoms with E-state index in [2.05, 4.69) is 10.6 Å². The van der Waals surface area contributed by atoms with Crippen molar-refractivity contribution in [3.63, 3.8) is 0 Å². The lowest BCUT2D eigenvalue weighted by atomic mass is 9.94. The van der Waals surface area contributed by atoms with Crippen LogP contribution in [0, 0.1) is 0 Å². The molecular weight excluding hydrogens is 280 g/mol. The molecule has 6 nitrogen and oxygen atoms in total. The second-order valence-corrected chi connectivity index (χ2v) is 8.56. The quantitative estimate of drug-likeness (QED) is 0.757. The number of hydrogen-bond acceptors (Lipinski definition) is 5. The van der Waals surface area contributed by atoms with E-state index < -0.39 is 9.84 Å². The van der Waals surface area contributed by atoms with E-state index in [0.717, 1.165) is 12.8 Å². The fourth-order valence-corrected chi connectivity index (χ4v) is 4.31. The fraction of sp³-hybridized carbons (Fsp3) is 0.923. The van der Waals surface area contributed by atoms with Crippen molar-refractivity contribution in [2.24, 2.45) is 0 Å². The molecule has 2 N–H and O–H groups in total. The molecule has 2 rings (SSSR count). The minimum atomic E-state index is -2.99. The number of rotatable bonds is 3. The van der Waals surface area contributed by atoms with Gasteiger partial charge < -0.3 is 15.4 Å². The molecular formula is C13H24N2O4S. The van der Waals surface area contributed by atoms with Gasteiger partial charge in [-0.15, -0.1) is 0 Å². The first kappa shape index (κ1) is 15.7. The van der Waals surface area contributed by atoms with E-state index in [1.807, 2.05) is 13.8 Å². The number of carbonyl (C=O) groups is 1. The first-order chi connectivity index (χ1) is 9.26. The molecule has 2 aliphatic rings. The van der Waals surface area contributed by atoms with Crippen LogP contribution < -0.4 is 10.6 Å². The zero-order chi connectivity index (χ0) is 14.8. The molecule has 116 valence electrons. The molecule has 2 aliphatic heterocycles. The Morgan fingerprint density at radius 3 is 2.85 bits per heavy atom. The summed E-state index contributed by atoms with van der Waals surface area (Å²) in [6.45, 7) is 5.11. The van der Waals surface area contributed by atoms with Gasteiger partial charge in [0.2, 0.25) is 5.91 Å². The second kappa shape index (κ2) is 5.99. The van der Waals surface area contributed by atoms with Crippen LogP contribution in [0.15, 0.2) is 0 Å². The molecule has 0 spiro atoms. The third-order valence-corrected chi connectivity index (χ3v) is 5.53. The minimum absolute atomic E-state index is 0.0552. The Morgan fingerprint density at radius 1 is 1.45 bits per heavy atom. The first-order valence-electron chi connectivity index (χ1n) is 7.13. The molecule has 0 aromatic rings. The van der Waals surface area contributed by atoms with E-state index in [-0.39, 0.29) is 41.5 Å². The minimum Gasteiger partial charge on any atom is -0.375 e. The molecule has 2 heterocycles. The highest BCUT2D eigenvalue weighted by Gasteiger charge is 2.31. The summed E-state index contributed by atoms with van der Waals surface area (Å²) in [7, 11) is -2.99. The van der Waals surface area contributed by atoms with Crippen LogP contribution in [-0.4, -0.2) is 56.7 Å². The van der Waals surface area contributed by atoms with Gasteiger partial charge in [0.1, 0.15) is 0 Å². The first-order valence-corrected chi connectivity index (χ1v) is 8.95. The molecule has 0 saturated carbocycles. The Labute approximate surface area is 120 Å². The molecule has 0 radical (unpaired) electrons. The summed E-state index contributed by atoms with van der Waals surface area (Å²) in [5, 5.41) is 6.09. The fourth-order valence-electron chi connectivity index (χ4n) is 2.86. The molecule has 7 heteroatoms. The van der Waals surface area contributed by atoms with Crippen LogP contribution in [0.5, 0.6) is 0 Å². The number of sulfone groups is 1. The summed E-state index contributed by atoms with van der Waals surface area (Å²) in [6, 6.07) is -0.145. The smallest absolute Gasteiger partial charge is 0.221 e. The van der Waals surface area contributed by atoms with Gasteiger partial charge in [-0.25, -0.2) is 8.42 Å². The van der Waals surface area contributed by atoms with Crippen molar-refractivity contribution >= 4 is 15.7 Å². The topological polar surface area (TPSA) is 84.5 Å². The average molecular weight is 304 g/mol. The van der Waals surface area contributed by atoms with Crippen LogP contribution in [0.3, 0.4) is 0 Å². The Hall–Kier alpha value is -0.660. The molecule has 0 aliphatic carbocycles. The molecule has 2 atom stereocenters. The van der Waals surface area contributed by atoms with Gasteiger partial charge in [0.25, 0.3) is 0 Å². The largest absolute Gasteiger partial charge is 0.375 e. The predicted molar refractivity (Wildman–Crippen MR) is 76.3 cm³/mol. The van der Waals surface area contributed by atoms with Crippen LogP contribution in [0.4, 0.5) is 0 Å². The molecule has 2 fully saturated rings. The van der Waals surface area contributed by atoms with E-state index >= 15 is 0 Å². The maximum Gasteiger partial charge on any atom is 0.221 e. The van der Waals surface area contributed by atoms with Gasteiger partial charge in [0.15, 0.2) is 9.84 Å². The maximum absolute atomic E-state index is 12.0. The van der Waals surface area contributed by atoms with Crippen LogP contribution >= 0.6 is 0 Å². The van der Waals surface area contributed by atoms with Gasteiger partial charge in [-0.3, -0.25) is 4.79 Å². The summed E-state index contributed by atoms with van der Waals surface area (Å²) < 4.78 is 28.7. The van der Waals surface area contributed by atoms with Gasteiger partial charge in [-0.2, -0.15) is 0 Å². The van der Waals surface area contributed by atoms with Crippen molar-refractivity contribution < 1.29 is 17.9 Å². The highest BCUT2D eigenvalue weighted by Crippen LogP contribution is 2.24. The van der Waals surface area contributed by atoms with Crippen LogP contribution in [0.25, 0.3) is 0 Å². The van der Waals surface area contributed by atoms with Crippen LogP contribution in [-0.2, 0) is 19.4 Å². The third-order valence-electron chi connectivity index (χ3n) is 3.80. The third kappa shape index (κ3) is 4.71. The van der Waals surface area contributed by atoms with Crippen LogP contribution in [0.2, 0.25) is 0 Å². The van der Waals surface area contributed by atoms with Crippen molar-refractivity contribution in [1.29, 1.82) is 0 Å². The van der Waals surface area contributed by atoms with E-state index in [9.17, 15) is 13.2 Å². The highest BCUT2D eigenvalue weighted by molar-refractivity contribution is 7.91. The number of ether oxygens (including phenoxy) is 1. The maximum atomic E-state index is 12.0. The van der Waals surface area contributed by atoms with E-state index in [1.165, 1.54) is 0 Å². The zero-order valence-electron chi connectivity index (χ0n) is 12.1. The molecule has 0 aromatic heterocycles. The molecule has 1 amide bonds. The summed E-state index contributed by atoms with van der Waals surface area (Å²) in [5.41, 5.74) is -0.206. The molecule has 0 aromatic carbocycles. The van der Waals surface area contributed by atoms with Gasteiger partial charge in [-0.1, -0.05) is 0 Å². The zero-order valence-corrected chi connectivity index (χ0v) is 13.0. The lowest BCUT2D eigenvalue weighted by molar-refractivity contribution is -0.124. The Morgan fingerprint density at radius 2 is 2.20 bits per heavy atom. The Bertz CT molecular complexity index is 461. The monoisotopic (exact) mass is 304 g/mol. The second-order valence-electron chi connectivity index (χ2n) is 6.33. The number of nitrogens with one attached hydrogen (secondary N) is 2. The van der Waals surface area contributed by atoms with Gasteiger partial charge in [0.05, 0.1) is 17.1 Å². The Kier molecular flexibility index (Phi) is 4.71. The standard InChI is InChI=1S/C13H24N2O4S/c1-13(2)8-10(3-5-19-13)15-12(16)7-11-9-20(17,18)6-4-14-11/h10-11,14H,3-9H2,1-2H3,(H,15,16). The highest BCUT2D eigenvalue weighted by atomic mass is 32.2. The number of amides is 1. The van der Waals surface area contributed by atoms with Crippen molar-refractivity contribution in [1.82, 2.24) is 10.6 Å². The Balaban J connectivity index is 1.80. The number of hydrogen-bond donors (Lipinski definition) is 2. The summed E-state index contributed by atoms with van der Waals surface area (Å²) in [5.74, 6) is 0.140. The van der Waals surface area contributed by atoms with Gasteiger partial charge in [-0.05, 0) is 26.7 Å².